The molecule has 0 bridgehead atoms. The van der Waals surface area contributed by atoms with Gasteiger partial charge in [0, 0.05) is 26.4 Å². The van der Waals surface area contributed by atoms with Gasteiger partial charge >= 0.3 is 17.1 Å². The number of rotatable bonds is 17. The molecule has 4 nitrogen and oxygen atoms in total. The fraction of sp³-hybridized carbons (Fsp3) is 1.00. The summed E-state index contributed by atoms with van der Waals surface area (Å²) in [6.45, 7) is 15.8. The average molecular weight is 379 g/mol. The maximum absolute atomic E-state index is 6.26. The quantitative estimate of drug-likeness (QED) is 0.308. The van der Waals surface area contributed by atoms with Crippen molar-refractivity contribution in [2.75, 3.05) is 26.4 Å². The predicted molar refractivity (Wildman–Crippen MR) is 107 cm³/mol. The van der Waals surface area contributed by atoms with Gasteiger partial charge in [-0.2, -0.15) is 0 Å². The van der Waals surface area contributed by atoms with E-state index in [1.807, 2.05) is 0 Å². The van der Waals surface area contributed by atoms with E-state index >= 15 is 0 Å². The highest BCUT2D eigenvalue weighted by atomic mass is 28.4. The van der Waals surface area contributed by atoms with E-state index in [0.29, 0.717) is 0 Å². The van der Waals surface area contributed by atoms with Crippen molar-refractivity contribution in [3.05, 3.63) is 0 Å². The van der Waals surface area contributed by atoms with Gasteiger partial charge in [0.05, 0.1) is 0 Å². The molecule has 0 radical (unpaired) electrons. The van der Waals surface area contributed by atoms with Crippen LogP contribution in [0.1, 0.15) is 67.2 Å². The van der Waals surface area contributed by atoms with Crippen molar-refractivity contribution in [2.45, 2.75) is 91.4 Å². The van der Waals surface area contributed by atoms with Gasteiger partial charge < -0.3 is 17.7 Å². The Kier molecular flexibility index (Phi) is 14.6. The molecule has 0 aliphatic rings. The minimum absolute atomic E-state index is 0.739. The monoisotopic (exact) mass is 378 g/mol. The van der Waals surface area contributed by atoms with Crippen LogP contribution in [0.2, 0.25) is 24.2 Å². The lowest BCUT2D eigenvalue weighted by molar-refractivity contribution is 0.169. The molecule has 0 heterocycles. The second-order valence-electron chi connectivity index (χ2n) is 6.26. The molecule has 0 aromatic rings. The Morgan fingerprint density at radius 2 is 0.750 bits per heavy atom. The van der Waals surface area contributed by atoms with Crippen molar-refractivity contribution in [3.63, 3.8) is 0 Å². The average Bonchev–Trinajstić information content (AvgIpc) is 2.57. The predicted octanol–water partition coefficient (Wildman–Crippen LogP) is 5.62. The summed E-state index contributed by atoms with van der Waals surface area (Å²) in [4.78, 5) is 0. The van der Waals surface area contributed by atoms with Gasteiger partial charge in [-0.1, -0.05) is 39.5 Å². The SMILES string of the molecule is CCCC[Si](CC[Si](CCCC)(OCC)OCC)(OCC)OCC. The molecule has 0 rings (SSSR count). The van der Waals surface area contributed by atoms with Crippen LogP contribution in [0.3, 0.4) is 0 Å². The van der Waals surface area contributed by atoms with Crippen molar-refractivity contribution >= 4 is 17.1 Å². The zero-order valence-electron chi connectivity index (χ0n) is 17.1. The number of hydrogen-bond acceptors (Lipinski definition) is 4. The molecule has 6 heteroatoms. The van der Waals surface area contributed by atoms with Crippen LogP contribution in [0.4, 0.5) is 0 Å². The van der Waals surface area contributed by atoms with Crippen LogP contribution in [0, 0.1) is 0 Å². The molecule has 0 aromatic carbocycles. The van der Waals surface area contributed by atoms with Gasteiger partial charge in [-0.05, 0) is 51.9 Å². The molecule has 0 aliphatic carbocycles. The number of unbranched alkanes of at least 4 members (excludes halogenated alkanes) is 2. The summed E-state index contributed by atoms with van der Waals surface area (Å²) in [5.41, 5.74) is 0. The summed E-state index contributed by atoms with van der Waals surface area (Å²) in [7, 11) is -4.30. The van der Waals surface area contributed by atoms with Gasteiger partial charge in [0.2, 0.25) is 0 Å². The molecule has 24 heavy (non-hydrogen) atoms. The van der Waals surface area contributed by atoms with Crippen LogP contribution in [-0.2, 0) is 17.7 Å². The minimum atomic E-state index is -2.15. The van der Waals surface area contributed by atoms with Crippen molar-refractivity contribution < 1.29 is 17.7 Å². The lowest BCUT2D eigenvalue weighted by Crippen LogP contribution is -2.48. The largest absolute Gasteiger partial charge is 0.394 e. The molecule has 0 saturated carbocycles. The Labute approximate surface area is 153 Å². The lowest BCUT2D eigenvalue weighted by atomic mass is 10.4. The highest BCUT2D eigenvalue weighted by Crippen LogP contribution is 2.31. The molecule has 0 amide bonds. The highest BCUT2D eigenvalue weighted by molar-refractivity contribution is 6.73. The molecule has 0 N–H and O–H groups in total. The van der Waals surface area contributed by atoms with Crippen LogP contribution in [0.15, 0.2) is 0 Å². The Balaban J connectivity index is 5.14. The van der Waals surface area contributed by atoms with Gasteiger partial charge in [0.25, 0.3) is 0 Å². The first-order valence-corrected chi connectivity index (χ1v) is 14.6. The van der Waals surface area contributed by atoms with E-state index < -0.39 is 17.1 Å². The van der Waals surface area contributed by atoms with E-state index in [2.05, 4.69) is 41.5 Å². The molecule has 0 atom stereocenters. The van der Waals surface area contributed by atoms with E-state index in [4.69, 9.17) is 17.7 Å². The summed E-state index contributed by atoms with van der Waals surface area (Å²) in [5.74, 6) is 0. The van der Waals surface area contributed by atoms with Gasteiger partial charge in [-0.3, -0.25) is 0 Å². The van der Waals surface area contributed by atoms with Gasteiger partial charge in [0.15, 0.2) is 0 Å². The molecule has 0 spiro atoms. The number of hydrogen-bond donors (Lipinski definition) is 0. The van der Waals surface area contributed by atoms with Crippen LogP contribution >= 0.6 is 0 Å². The van der Waals surface area contributed by atoms with Crippen molar-refractivity contribution in [1.29, 1.82) is 0 Å². The van der Waals surface area contributed by atoms with Crippen LogP contribution < -0.4 is 0 Å². The minimum Gasteiger partial charge on any atom is -0.394 e. The molecular weight excluding hydrogens is 336 g/mol. The molecule has 146 valence electrons. The topological polar surface area (TPSA) is 36.9 Å². The Morgan fingerprint density at radius 1 is 0.458 bits per heavy atom. The zero-order chi connectivity index (χ0) is 18.3. The van der Waals surface area contributed by atoms with Crippen LogP contribution in [0.25, 0.3) is 0 Å². The second-order valence-corrected chi connectivity index (χ2v) is 13.1. The Bertz CT molecular complexity index is 250. The summed E-state index contributed by atoms with van der Waals surface area (Å²) >= 11 is 0. The fourth-order valence-electron chi connectivity index (χ4n) is 3.24. The summed E-state index contributed by atoms with van der Waals surface area (Å²) < 4.78 is 25.0. The fourth-order valence-corrected chi connectivity index (χ4v) is 12.0. The van der Waals surface area contributed by atoms with Crippen molar-refractivity contribution in [1.82, 2.24) is 0 Å². The second kappa shape index (κ2) is 14.4. The third kappa shape index (κ3) is 9.10. The maximum atomic E-state index is 6.26. The van der Waals surface area contributed by atoms with E-state index in [-0.39, 0.29) is 0 Å². The third-order valence-electron chi connectivity index (χ3n) is 4.34. The van der Waals surface area contributed by atoms with Crippen molar-refractivity contribution in [2.24, 2.45) is 0 Å². The summed E-state index contributed by atoms with van der Waals surface area (Å²) in [6.07, 6.45) is 4.73. The normalized spacial score (nSPS) is 12.8. The molecule has 0 unspecified atom stereocenters. The first-order valence-electron chi connectivity index (χ1n) is 10.1. The van der Waals surface area contributed by atoms with Gasteiger partial charge in [-0.15, -0.1) is 0 Å². The first-order chi connectivity index (χ1) is 11.6. The van der Waals surface area contributed by atoms with Crippen molar-refractivity contribution in [3.8, 4) is 0 Å². The molecule has 0 saturated heterocycles. The standard InChI is InChI=1S/C18H42O4Si2/c1-7-13-15-23(19-9-3,20-10-4)17-18-24(21-11-5,22-12-6)16-14-8-2/h7-18H2,1-6H3. The van der Waals surface area contributed by atoms with E-state index in [1.165, 1.54) is 25.7 Å². The lowest BCUT2D eigenvalue weighted by Gasteiger charge is -2.35. The Morgan fingerprint density at radius 3 is 0.958 bits per heavy atom. The van der Waals surface area contributed by atoms with Gasteiger partial charge in [-0.25, -0.2) is 0 Å². The molecule has 0 aliphatic heterocycles. The highest BCUT2D eigenvalue weighted by Gasteiger charge is 2.43. The van der Waals surface area contributed by atoms with Gasteiger partial charge in [0.1, 0.15) is 0 Å². The molecular formula is C18H42O4Si2. The molecule has 0 fully saturated rings. The van der Waals surface area contributed by atoms with E-state index in [1.54, 1.807) is 0 Å². The summed E-state index contributed by atoms with van der Waals surface area (Å²) in [5, 5.41) is 0. The van der Waals surface area contributed by atoms with E-state index in [0.717, 1.165) is 50.6 Å². The smallest absolute Gasteiger partial charge is 0.338 e. The van der Waals surface area contributed by atoms with Crippen LogP contribution in [-0.4, -0.2) is 43.5 Å². The summed E-state index contributed by atoms with van der Waals surface area (Å²) in [6, 6.07) is 4.18. The van der Waals surface area contributed by atoms with Crippen LogP contribution in [0.5, 0.6) is 0 Å². The Hall–Kier alpha value is 0.274. The molecule has 0 aromatic heterocycles. The zero-order valence-corrected chi connectivity index (χ0v) is 19.1. The first kappa shape index (κ1) is 24.3. The van der Waals surface area contributed by atoms with E-state index in [9.17, 15) is 0 Å². The third-order valence-corrected chi connectivity index (χ3v) is 12.4. The maximum Gasteiger partial charge on any atom is 0.338 e.